The Labute approximate surface area is 163 Å². The molecule has 1 N–H and O–H groups in total. The van der Waals surface area contributed by atoms with E-state index in [-0.39, 0.29) is 5.41 Å². The van der Waals surface area contributed by atoms with E-state index in [1.807, 2.05) is 12.1 Å². The van der Waals surface area contributed by atoms with Gasteiger partial charge in [-0.2, -0.15) is 0 Å². The number of hydrogen-bond acceptors (Lipinski definition) is 2. The Morgan fingerprint density at radius 3 is 2.67 bits per heavy atom. The largest absolute Gasteiger partial charge is 0.508 e. The molecule has 0 spiro atoms. The molecule has 0 aromatic heterocycles. The van der Waals surface area contributed by atoms with E-state index in [2.05, 4.69) is 13.0 Å². The molecular weight excluding hydrogens is 332 g/mol. The highest BCUT2D eigenvalue weighted by Crippen LogP contribution is 2.63. The summed E-state index contributed by atoms with van der Waals surface area (Å²) in [6.07, 6.45) is 13.3. The van der Waals surface area contributed by atoms with Gasteiger partial charge in [0.1, 0.15) is 11.5 Å². The lowest BCUT2D eigenvalue weighted by Crippen LogP contribution is -2.45. The normalized spacial score (nSPS) is 38.7. The van der Waals surface area contributed by atoms with Gasteiger partial charge in [-0.3, -0.25) is 4.79 Å². The number of aryl methyl sites for hydroxylation is 1. The maximum absolute atomic E-state index is 13.4. The third kappa shape index (κ3) is 2.77. The summed E-state index contributed by atoms with van der Waals surface area (Å²) in [4.78, 5) is 13.4. The molecule has 1 aromatic rings. The Morgan fingerprint density at radius 2 is 1.85 bits per heavy atom. The van der Waals surface area contributed by atoms with Gasteiger partial charge in [-0.15, -0.1) is 0 Å². The lowest BCUT2D eigenvalue weighted by molar-refractivity contribution is -0.133. The van der Waals surface area contributed by atoms with Gasteiger partial charge in [-0.1, -0.05) is 32.3 Å². The highest BCUT2D eigenvalue weighted by Gasteiger charge is 2.57. The molecule has 5 rings (SSSR count). The van der Waals surface area contributed by atoms with Crippen molar-refractivity contribution in [3.8, 4) is 5.75 Å². The second kappa shape index (κ2) is 6.64. The smallest absolute Gasteiger partial charge is 0.139 e. The molecule has 0 heterocycles. The van der Waals surface area contributed by atoms with E-state index < -0.39 is 0 Å². The van der Waals surface area contributed by atoms with Crippen molar-refractivity contribution < 1.29 is 9.90 Å². The van der Waals surface area contributed by atoms with Crippen molar-refractivity contribution in [2.75, 3.05) is 0 Å². The average Bonchev–Trinajstić information content (AvgIpc) is 3.05. The monoisotopic (exact) mass is 366 g/mol. The molecule has 2 nitrogen and oxygen atoms in total. The summed E-state index contributed by atoms with van der Waals surface area (Å²) < 4.78 is 0. The Hall–Kier alpha value is -1.31. The van der Waals surface area contributed by atoms with E-state index >= 15 is 0 Å². The first-order chi connectivity index (χ1) is 13.1. The number of carbonyl (C=O) groups excluding carboxylic acids is 1. The molecule has 3 saturated carbocycles. The van der Waals surface area contributed by atoms with Crippen LogP contribution in [0.5, 0.6) is 5.75 Å². The number of rotatable bonds is 2. The summed E-state index contributed by atoms with van der Waals surface area (Å²) in [6.45, 7) is 2.47. The molecule has 0 radical (unpaired) electrons. The summed E-state index contributed by atoms with van der Waals surface area (Å²) in [5.41, 5.74) is 3.10. The summed E-state index contributed by atoms with van der Waals surface area (Å²) in [5.74, 6) is 3.85. The van der Waals surface area contributed by atoms with Crippen LogP contribution in [0.4, 0.5) is 0 Å². The first-order valence-corrected chi connectivity index (χ1v) is 11.4. The lowest BCUT2D eigenvalue weighted by Gasteiger charge is -2.51. The second-order valence-corrected chi connectivity index (χ2v) is 10.2. The van der Waals surface area contributed by atoms with Gasteiger partial charge in [-0.25, -0.2) is 0 Å². The molecule has 0 aliphatic heterocycles. The quantitative estimate of drug-likeness (QED) is 0.695. The molecule has 146 valence electrons. The van der Waals surface area contributed by atoms with Crippen LogP contribution in [-0.2, 0) is 11.2 Å². The van der Waals surface area contributed by atoms with Gasteiger partial charge in [0.05, 0.1) is 0 Å². The van der Waals surface area contributed by atoms with Crippen LogP contribution in [0.2, 0.25) is 0 Å². The van der Waals surface area contributed by atoms with E-state index in [1.54, 1.807) is 0 Å². The average molecular weight is 367 g/mol. The number of benzene rings is 1. The maximum Gasteiger partial charge on any atom is 0.139 e. The maximum atomic E-state index is 13.4. The predicted octanol–water partition coefficient (Wildman–Crippen LogP) is 6.01. The molecular formula is C25H34O2. The number of hydrogen-bond donors (Lipinski definition) is 1. The minimum Gasteiger partial charge on any atom is -0.508 e. The van der Waals surface area contributed by atoms with Gasteiger partial charge in [0.15, 0.2) is 0 Å². The zero-order valence-corrected chi connectivity index (χ0v) is 16.8. The Balaban J connectivity index is 1.39. The van der Waals surface area contributed by atoms with Crippen LogP contribution in [0.3, 0.4) is 0 Å². The van der Waals surface area contributed by atoms with Gasteiger partial charge in [-0.05, 0) is 97.8 Å². The number of phenolic OH excluding ortho intramolecular Hbond substituents is 1. The summed E-state index contributed by atoms with van der Waals surface area (Å²) in [7, 11) is 0. The topological polar surface area (TPSA) is 37.3 Å². The minimum atomic E-state index is 0.240. The molecule has 0 amide bonds. The molecule has 2 heteroatoms. The fourth-order valence-electron chi connectivity index (χ4n) is 7.71. The molecule has 4 aliphatic rings. The van der Waals surface area contributed by atoms with Crippen LogP contribution >= 0.6 is 0 Å². The molecule has 1 aromatic carbocycles. The van der Waals surface area contributed by atoms with E-state index in [1.165, 1.54) is 56.1 Å². The number of Topliss-reactive ketones (excluding diaryl/α,β-unsaturated/α-hetero) is 1. The van der Waals surface area contributed by atoms with E-state index in [0.29, 0.717) is 29.3 Å². The van der Waals surface area contributed by atoms with Crippen molar-refractivity contribution in [1.29, 1.82) is 0 Å². The van der Waals surface area contributed by atoms with Crippen molar-refractivity contribution in [3.63, 3.8) is 0 Å². The van der Waals surface area contributed by atoms with Crippen LogP contribution in [0.25, 0.3) is 0 Å². The zero-order valence-electron chi connectivity index (χ0n) is 16.8. The summed E-state index contributed by atoms with van der Waals surface area (Å²) in [6, 6.07) is 6.05. The third-order valence-electron chi connectivity index (χ3n) is 9.06. The number of carbonyl (C=O) groups is 1. The molecule has 0 saturated heterocycles. The third-order valence-corrected chi connectivity index (χ3v) is 9.06. The van der Waals surface area contributed by atoms with Crippen molar-refractivity contribution in [1.82, 2.24) is 0 Å². The minimum absolute atomic E-state index is 0.240. The van der Waals surface area contributed by atoms with Crippen molar-refractivity contribution in [2.45, 2.75) is 83.5 Å². The predicted molar refractivity (Wildman–Crippen MR) is 108 cm³/mol. The lowest BCUT2D eigenvalue weighted by atomic mass is 9.53. The van der Waals surface area contributed by atoms with Crippen molar-refractivity contribution in [3.05, 3.63) is 29.3 Å². The fraction of sp³-hybridized carbons (Fsp3) is 0.720. The second-order valence-electron chi connectivity index (χ2n) is 10.2. The first kappa shape index (κ1) is 17.8. The van der Waals surface area contributed by atoms with Gasteiger partial charge in [0, 0.05) is 11.8 Å². The van der Waals surface area contributed by atoms with E-state index in [0.717, 1.165) is 37.5 Å². The zero-order chi connectivity index (χ0) is 18.6. The Morgan fingerprint density at radius 1 is 1.04 bits per heavy atom. The number of aromatic hydroxyl groups is 1. The Kier molecular flexibility index (Phi) is 4.37. The highest BCUT2D eigenvalue weighted by molar-refractivity contribution is 5.84. The molecule has 4 aliphatic carbocycles. The van der Waals surface area contributed by atoms with E-state index in [4.69, 9.17) is 0 Å². The molecule has 27 heavy (non-hydrogen) atoms. The highest BCUT2D eigenvalue weighted by atomic mass is 16.3. The standard InChI is InChI=1S/C25H34O2/c1-25-14-13-20-19-10-8-18(26)15-17(19)7-9-21(20)22(25)11-12-23(25)24(27)16-5-3-2-4-6-16/h8,10,15-16,20-23,26H,2-7,9,11-14H2,1H3/t20-,21-,22+,23-,25+/m1/s1. The van der Waals surface area contributed by atoms with Gasteiger partial charge >= 0.3 is 0 Å². The number of ketones is 1. The first-order valence-electron chi connectivity index (χ1n) is 11.4. The molecule has 0 unspecified atom stereocenters. The number of fused-ring (bicyclic) bond motifs is 5. The van der Waals surface area contributed by atoms with Crippen LogP contribution in [0, 0.1) is 29.1 Å². The van der Waals surface area contributed by atoms with Crippen LogP contribution < -0.4 is 0 Å². The van der Waals surface area contributed by atoms with Gasteiger partial charge in [0.25, 0.3) is 0 Å². The molecule has 3 fully saturated rings. The van der Waals surface area contributed by atoms with Crippen LogP contribution in [0.1, 0.15) is 88.2 Å². The fourth-order valence-corrected chi connectivity index (χ4v) is 7.71. The molecule has 5 atom stereocenters. The van der Waals surface area contributed by atoms with Crippen LogP contribution in [-0.4, -0.2) is 10.9 Å². The number of phenols is 1. The molecule has 0 bridgehead atoms. The van der Waals surface area contributed by atoms with Crippen molar-refractivity contribution >= 4 is 5.78 Å². The van der Waals surface area contributed by atoms with E-state index in [9.17, 15) is 9.90 Å². The Bertz CT molecular complexity index is 732. The van der Waals surface area contributed by atoms with Gasteiger partial charge < -0.3 is 5.11 Å². The summed E-state index contributed by atoms with van der Waals surface area (Å²) >= 11 is 0. The van der Waals surface area contributed by atoms with Crippen LogP contribution in [0.15, 0.2) is 18.2 Å². The van der Waals surface area contributed by atoms with Crippen molar-refractivity contribution in [2.24, 2.45) is 29.1 Å². The SMILES string of the molecule is C[C@]12CC[C@@H]3c4ccc(O)cc4CC[C@H]3[C@@H]1CC[C@@H]2C(=O)C1CCCCC1. The van der Waals surface area contributed by atoms with Gasteiger partial charge in [0.2, 0.25) is 0 Å². The summed E-state index contributed by atoms with van der Waals surface area (Å²) in [5, 5.41) is 9.86.